The van der Waals surface area contributed by atoms with E-state index in [1.165, 1.54) is 24.3 Å². The number of nitrogens with zero attached hydrogens (tertiary/aromatic N) is 4. The molecule has 1 fully saturated rings. The molecule has 35 heavy (non-hydrogen) atoms. The molecule has 1 N–H and O–H groups in total. The quantitative estimate of drug-likeness (QED) is 0.481. The molecule has 0 radical (unpaired) electrons. The van der Waals surface area contributed by atoms with E-state index in [1.54, 1.807) is 6.20 Å². The largest absolute Gasteiger partial charge is 0.336 e. The van der Waals surface area contributed by atoms with Gasteiger partial charge in [0.15, 0.2) is 0 Å². The molecule has 176 valence electrons. The molecule has 1 aliphatic heterocycles. The van der Waals surface area contributed by atoms with Gasteiger partial charge in [0.05, 0.1) is 29.0 Å². The normalized spacial score (nSPS) is 14.1. The van der Waals surface area contributed by atoms with Crippen molar-refractivity contribution in [3.05, 3.63) is 90.4 Å². The van der Waals surface area contributed by atoms with Gasteiger partial charge in [0.1, 0.15) is 5.82 Å². The molecule has 2 amide bonds. The molecule has 0 spiro atoms. The Hall–Kier alpha value is -4.17. The summed E-state index contributed by atoms with van der Waals surface area (Å²) < 4.78 is 13.1. The number of pyridine rings is 2. The number of piperazine rings is 1. The second-order valence-electron chi connectivity index (χ2n) is 8.41. The number of fused-ring (bicyclic) bond motifs is 1. The molecule has 7 nitrogen and oxygen atoms in total. The van der Waals surface area contributed by atoms with E-state index in [0.29, 0.717) is 48.8 Å². The Morgan fingerprint density at radius 2 is 1.63 bits per heavy atom. The van der Waals surface area contributed by atoms with Crippen LogP contribution in [0.15, 0.2) is 79.0 Å². The summed E-state index contributed by atoms with van der Waals surface area (Å²) in [4.78, 5) is 38.9. The number of nitrogens with one attached hydrogen (secondary N) is 1. The zero-order valence-electron chi connectivity index (χ0n) is 19.0. The molecule has 0 bridgehead atoms. The predicted octanol–water partition coefficient (Wildman–Crippen LogP) is 3.83. The van der Waals surface area contributed by atoms with Crippen LogP contribution in [-0.2, 0) is 4.79 Å². The Morgan fingerprint density at radius 3 is 2.37 bits per heavy atom. The zero-order valence-corrected chi connectivity index (χ0v) is 19.0. The van der Waals surface area contributed by atoms with Crippen molar-refractivity contribution in [3.63, 3.8) is 0 Å². The van der Waals surface area contributed by atoms with Crippen molar-refractivity contribution in [2.45, 2.75) is 0 Å². The lowest BCUT2D eigenvalue weighted by Gasteiger charge is -2.34. The van der Waals surface area contributed by atoms with Crippen LogP contribution in [0, 0.1) is 5.82 Å². The van der Waals surface area contributed by atoms with Crippen molar-refractivity contribution < 1.29 is 14.0 Å². The molecule has 3 heterocycles. The van der Waals surface area contributed by atoms with Crippen molar-refractivity contribution in [1.29, 1.82) is 0 Å². The van der Waals surface area contributed by atoms with Crippen LogP contribution in [0.4, 0.5) is 10.1 Å². The monoisotopic (exact) mass is 469 g/mol. The van der Waals surface area contributed by atoms with E-state index in [9.17, 15) is 14.0 Å². The highest BCUT2D eigenvalue weighted by atomic mass is 19.1. The second kappa shape index (κ2) is 9.99. The number of halogens is 1. The fraction of sp³-hybridized carbons (Fsp3) is 0.185. The summed E-state index contributed by atoms with van der Waals surface area (Å²) in [6.07, 6.45) is 1.71. The molecule has 2 aromatic carbocycles. The molecule has 1 saturated heterocycles. The van der Waals surface area contributed by atoms with Crippen LogP contribution in [0.1, 0.15) is 10.4 Å². The number of aromatic nitrogens is 2. The first-order valence-electron chi connectivity index (χ1n) is 11.4. The summed E-state index contributed by atoms with van der Waals surface area (Å²) in [6.45, 7) is 2.40. The SMILES string of the molecule is O=C(CN1CCN(C(=O)c2cc(-c3ccccn3)nc3ccccc23)CC1)Nc1ccc(F)cc1. The lowest BCUT2D eigenvalue weighted by atomic mass is 10.0. The lowest BCUT2D eigenvalue weighted by Crippen LogP contribution is -2.50. The summed E-state index contributed by atoms with van der Waals surface area (Å²) in [5.41, 5.74) is 3.26. The van der Waals surface area contributed by atoms with E-state index < -0.39 is 0 Å². The predicted molar refractivity (Wildman–Crippen MR) is 132 cm³/mol. The van der Waals surface area contributed by atoms with Crippen molar-refractivity contribution in [3.8, 4) is 11.4 Å². The number of anilines is 1. The molecule has 5 rings (SSSR count). The average Bonchev–Trinajstić information content (AvgIpc) is 2.90. The third-order valence-corrected chi connectivity index (χ3v) is 6.03. The second-order valence-corrected chi connectivity index (χ2v) is 8.41. The number of rotatable bonds is 5. The molecule has 1 aliphatic rings. The summed E-state index contributed by atoms with van der Waals surface area (Å²) in [5, 5.41) is 3.58. The van der Waals surface area contributed by atoms with Crippen molar-refractivity contribution >= 4 is 28.4 Å². The summed E-state index contributed by atoms with van der Waals surface area (Å²) >= 11 is 0. The van der Waals surface area contributed by atoms with Crippen LogP contribution < -0.4 is 5.32 Å². The van der Waals surface area contributed by atoms with Crippen LogP contribution in [0.2, 0.25) is 0 Å². The van der Waals surface area contributed by atoms with E-state index >= 15 is 0 Å². The van der Waals surface area contributed by atoms with Crippen LogP contribution in [-0.4, -0.2) is 64.3 Å². The first kappa shape index (κ1) is 22.6. The Kier molecular flexibility index (Phi) is 6.45. The summed E-state index contributed by atoms with van der Waals surface area (Å²) in [5.74, 6) is -0.578. The van der Waals surface area contributed by atoms with Crippen LogP contribution in [0.3, 0.4) is 0 Å². The fourth-order valence-electron chi connectivity index (χ4n) is 4.21. The fourth-order valence-corrected chi connectivity index (χ4v) is 4.21. The average molecular weight is 470 g/mol. The maximum atomic E-state index is 13.5. The van der Waals surface area contributed by atoms with Gasteiger partial charge >= 0.3 is 0 Å². The van der Waals surface area contributed by atoms with Crippen molar-refractivity contribution in [1.82, 2.24) is 19.8 Å². The van der Waals surface area contributed by atoms with Gasteiger partial charge in [-0.1, -0.05) is 24.3 Å². The van der Waals surface area contributed by atoms with Gasteiger partial charge in [0.25, 0.3) is 5.91 Å². The molecule has 0 aliphatic carbocycles. The van der Waals surface area contributed by atoms with Crippen LogP contribution in [0.25, 0.3) is 22.3 Å². The number of carbonyl (C=O) groups excluding carboxylic acids is 2. The van der Waals surface area contributed by atoms with Gasteiger partial charge in [-0.25, -0.2) is 9.37 Å². The maximum Gasteiger partial charge on any atom is 0.254 e. The number of benzene rings is 2. The minimum absolute atomic E-state index is 0.0591. The van der Waals surface area contributed by atoms with Gasteiger partial charge < -0.3 is 10.2 Å². The topological polar surface area (TPSA) is 78.4 Å². The first-order chi connectivity index (χ1) is 17.1. The molecule has 0 unspecified atom stereocenters. The first-order valence-corrected chi connectivity index (χ1v) is 11.4. The third-order valence-electron chi connectivity index (χ3n) is 6.03. The minimum Gasteiger partial charge on any atom is -0.336 e. The van der Waals surface area contributed by atoms with E-state index in [0.717, 1.165) is 10.9 Å². The Labute approximate surface area is 202 Å². The highest BCUT2D eigenvalue weighted by molar-refractivity contribution is 6.07. The smallest absolute Gasteiger partial charge is 0.254 e. The number of hydrogen-bond donors (Lipinski definition) is 1. The molecule has 4 aromatic rings. The third kappa shape index (κ3) is 5.17. The summed E-state index contributed by atoms with van der Waals surface area (Å²) in [6, 6.07) is 20.7. The number of amides is 2. The van der Waals surface area contributed by atoms with Crippen LogP contribution in [0.5, 0.6) is 0 Å². The lowest BCUT2D eigenvalue weighted by molar-refractivity contribution is -0.117. The van der Waals surface area contributed by atoms with Gasteiger partial charge in [-0.3, -0.25) is 19.5 Å². The standard InChI is InChI=1S/C27H24FN5O2/c28-19-8-10-20(11-9-19)30-26(34)18-32-13-15-33(16-14-32)27(35)22-17-25(24-7-3-4-12-29-24)31-23-6-2-1-5-21(22)23/h1-12,17H,13-16,18H2,(H,30,34). The highest BCUT2D eigenvalue weighted by Crippen LogP contribution is 2.25. The van der Waals surface area contributed by atoms with Gasteiger partial charge in [-0.2, -0.15) is 0 Å². The van der Waals surface area contributed by atoms with Crippen molar-refractivity contribution in [2.75, 3.05) is 38.0 Å². The van der Waals surface area contributed by atoms with Crippen LogP contribution >= 0.6 is 0 Å². The Morgan fingerprint density at radius 1 is 0.886 bits per heavy atom. The maximum absolute atomic E-state index is 13.5. The molecule has 2 aromatic heterocycles. The van der Waals surface area contributed by atoms with E-state index in [-0.39, 0.29) is 24.2 Å². The number of hydrogen-bond acceptors (Lipinski definition) is 5. The molecule has 8 heteroatoms. The molecular formula is C27H24FN5O2. The highest BCUT2D eigenvalue weighted by Gasteiger charge is 2.25. The molecule has 0 saturated carbocycles. The molecular weight excluding hydrogens is 445 g/mol. The van der Waals surface area contributed by atoms with E-state index in [4.69, 9.17) is 4.98 Å². The Bertz CT molecular complexity index is 1350. The molecule has 0 atom stereocenters. The number of carbonyl (C=O) groups is 2. The van der Waals surface area contributed by atoms with Gasteiger partial charge in [-0.05, 0) is 48.5 Å². The Balaban J connectivity index is 1.27. The zero-order chi connectivity index (χ0) is 24.2. The summed E-state index contributed by atoms with van der Waals surface area (Å²) in [7, 11) is 0. The van der Waals surface area contributed by atoms with Crippen molar-refractivity contribution in [2.24, 2.45) is 0 Å². The van der Waals surface area contributed by atoms with E-state index in [2.05, 4.69) is 10.3 Å². The van der Waals surface area contributed by atoms with Gasteiger partial charge in [-0.15, -0.1) is 0 Å². The van der Waals surface area contributed by atoms with Gasteiger partial charge in [0, 0.05) is 43.4 Å². The minimum atomic E-state index is -0.349. The van der Waals surface area contributed by atoms with E-state index in [1.807, 2.05) is 58.3 Å². The number of para-hydroxylation sites is 1. The van der Waals surface area contributed by atoms with Gasteiger partial charge in [0.2, 0.25) is 5.91 Å².